The fourth-order valence-electron chi connectivity index (χ4n) is 2.91. The highest BCUT2D eigenvalue weighted by atomic mass is 32.2. The van der Waals surface area contributed by atoms with Gasteiger partial charge in [0, 0.05) is 6.54 Å². The van der Waals surface area contributed by atoms with Gasteiger partial charge < -0.3 is 5.73 Å². The van der Waals surface area contributed by atoms with E-state index in [0.29, 0.717) is 11.4 Å². The number of nitrogens with two attached hydrogens (primary N) is 1. The van der Waals surface area contributed by atoms with Crippen LogP contribution < -0.4 is 5.73 Å². The number of sulfonamides is 1. The number of nitrogens with zero attached hydrogens (tertiary/aromatic N) is 1. The van der Waals surface area contributed by atoms with Gasteiger partial charge in [-0.1, -0.05) is 23.3 Å². The molecular formula is C14H18N2O2S. The highest BCUT2D eigenvalue weighted by molar-refractivity contribution is 7.89. The summed E-state index contributed by atoms with van der Waals surface area (Å²) in [7, 11) is -3.48. The summed E-state index contributed by atoms with van der Waals surface area (Å²) >= 11 is 0. The Bertz CT molecular complexity index is 632. The zero-order valence-corrected chi connectivity index (χ0v) is 11.8. The number of hydrogen-bond donors (Lipinski definition) is 1. The van der Waals surface area contributed by atoms with Crippen molar-refractivity contribution in [3.8, 4) is 0 Å². The van der Waals surface area contributed by atoms with E-state index in [1.54, 1.807) is 12.1 Å². The third-order valence-electron chi connectivity index (χ3n) is 4.02. The van der Waals surface area contributed by atoms with Crippen LogP contribution in [-0.2, 0) is 10.0 Å². The molecule has 1 aromatic rings. The molecule has 2 aliphatic rings. The molecule has 4 nitrogen and oxygen atoms in total. The predicted octanol–water partition coefficient (Wildman–Crippen LogP) is 1.76. The second kappa shape index (κ2) is 4.44. The summed E-state index contributed by atoms with van der Waals surface area (Å²) in [6.45, 7) is 2.40. The Labute approximate surface area is 114 Å². The Morgan fingerprint density at radius 1 is 1.21 bits per heavy atom. The third-order valence-corrected chi connectivity index (χ3v) is 5.86. The minimum atomic E-state index is -3.48. The molecule has 0 fully saturated rings. The van der Waals surface area contributed by atoms with Gasteiger partial charge in [-0.15, -0.1) is 0 Å². The van der Waals surface area contributed by atoms with Crippen LogP contribution in [0.15, 0.2) is 40.3 Å². The average Bonchev–Trinajstić information content (AvgIpc) is 2.93. The van der Waals surface area contributed by atoms with Crippen LogP contribution >= 0.6 is 0 Å². The second-order valence-corrected chi connectivity index (χ2v) is 7.18. The summed E-state index contributed by atoms with van der Waals surface area (Å²) < 4.78 is 26.6. The molecule has 1 aromatic carbocycles. The maximum atomic E-state index is 12.6. The average molecular weight is 278 g/mol. The molecule has 19 heavy (non-hydrogen) atoms. The normalized spacial score (nSPS) is 24.0. The Morgan fingerprint density at radius 2 is 1.89 bits per heavy atom. The molecule has 0 saturated carbocycles. The number of rotatable bonds is 2. The third kappa shape index (κ3) is 2.02. The molecule has 1 aliphatic heterocycles. The van der Waals surface area contributed by atoms with E-state index in [2.05, 4.69) is 0 Å². The van der Waals surface area contributed by atoms with Crippen molar-refractivity contribution < 1.29 is 8.42 Å². The summed E-state index contributed by atoms with van der Waals surface area (Å²) in [5.74, 6) is 0. The van der Waals surface area contributed by atoms with Gasteiger partial charge in [0.25, 0.3) is 0 Å². The summed E-state index contributed by atoms with van der Waals surface area (Å²) in [6.07, 6.45) is 2.57. The molecule has 1 heterocycles. The summed E-state index contributed by atoms with van der Waals surface area (Å²) in [5.41, 5.74) is 9.51. The van der Waals surface area contributed by atoms with Gasteiger partial charge in [-0.2, -0.15) is 4.31 Å². The first-order valence-corrected chi connectivity index (χ1v) is 7.99. The molecule has 1 aliphatic carbocycles. The lowest BCUT2D eigenvalue weighted by Crippen LogP contribution is -2.43. The molecule has 0 saturated heterocycles. The molecular weight excluding hydrogens is 260 g/mol. The van der Waals surface area contributed by atoms with Gasteiger partial charge in [0.2, 0.25) is 10.0 Å². The van der Waals surface area contributed by atoms with E-state index < -0.39 is 16.2 Å². The zero-order chi connectivity index (χ0) is 13.6. The largest absolute Gasteiger partial charge is 0.311 e. The molecule has 0 amide bonds. The fourth-order valence-corrected chi connectivity index (χ4v) is 4.41. The molecule has 5 heteroatoms. The predicted molar refractivity (Wildman–Crippen MR) is 73.9 cm³/mol. The quantitative estimate of drug-likeness (QED) is 0.839. The first kappa shape index (κ1) is 12.8. The first-order chi connectivity index (χ1) is 9.00. The van der Waals surface area contributed by atoms with E-state index in [0.717, 1.165) is 30.4 Å². The van der Waals surface area contributed by atoms with Gasteiger partial charge in [0.05, 0.1) is 11.1 Å². The monoisotopic (exact) mass is 278 g/mol. The molecule has 1 atom stereocenters. The van der Waals surface area contributed by atoms with Crippen LogP contribution in [0.3, 0.4) is 0 Å². The van der Waals surface area contributed by atoms with Crippen LogP contribution in [0.4, 0.5) is 0 Å². The van der Waals surface area contributed by atoms with E-state index in [1.807, 2.05) is 19.1 Å². The molecule has 3 rings (SSSR count). The van der Waals surface area contributed by atoms with Crippen LogP contribution in [-0.4, -0.2) is 25.4 Å². The van der Waals surface area contributed by atoms with Crippen molar-refractivity contribution in [1.82, 2.24) is 4.31 Å². The highest BCUT2D eigenvalue weighted by Crippen LogP contribution is 2.37. The van der Waals surface area contributed by atoms with Gasteiger partial charge in [0.1, 0.15) is 0 Å². The fraction of sp³-hybridized carbons (Fsp3) is 0.429. The van der Waals surface area contributed by atoms with Gasteiger partial charge >= 0.3 is 0 Å². The second-order valence-electron chi connectivity index (χ2n) is 5.29. The molecule has 0 bridgehead atoms. The molecule has 0 radical (unpaired) electrons. The molecule has 1 unspecified atom stereocenters. The number of hydrogen-bond acceptors (Lipinski definition) is 3. The molecule has 0 spiro atoms. The van der Waals surface area contributed by atoms with Crippen LogP contribution in [0.2, 0.25) is 0 Å². The zero-order valence-electron chi connectivity index (χ0n) is 11.0. The van der Waals surface area contributed by atoms with E-state index in [1.165, 1.54) is 9.88 Å². The SMILES string of the molecule is Cc1ccc(S(=O)(=O)N2CC3=C(CCC3)C2N)cc1. The van der Waals surface area contributed by atoms with Gasteiger partial charge in [0.15, 0.2) is 0 Å². The topological polar surface area (TPSA) is 63.4 Å². The van der Waals surface area contributed by atoms with E-state index in [4.69, 9.17) is 5.73 Å². The van der Waals surface area contributed by atoms with Gasteiger partial charge in [-0.3, -0.25) is 0 Å². The van der Waals surface area contributed by atoms with Gasteiger partial charge in [-0.25, -0.2) is 8.42 Å². The molecule has 102 valence electrons. The number of aryl methyl sites for hydroxylation is 1. The van der Waals surface area contributed by atoms with Crippen molar-refractivity contribution in [2.75, 3.05) is 6.54 Å². The Hall–Kier alpha value is -1.17. The Kier molecular flexibility index (Phi) is 3.00. The van der Waals surface area contributed by atoms with E-state index in [9.17, 15) is 8.42 Å². The minimum Gasteiger partial charge on any atom is -0.311 e. The number of benzene rings is 1. The van der Waals surface area contributed by atoms with Crippen LogP contribution in [0.25, 0.3) is 0 Å². The lowest BCUT2D eigenvalue weighted by molar-refractivity contribution is 0.396. The van der Waals surface area contributed by atoms with Crippen molar-refractivity contribution in [2.45, 2.75) is 37.2 Å². The van der Waals surface area contributed by atoms with Crippen LogP contribution in [0.1, 0.15) is 24.8 Å². The van der Waals surface area contributed by atoms with Gasteiger partial charge in [-0.05, 0) is 43.9 Å². The summed E-state index contributed by atoms with van der Waals surface area (Å²) in [4.78, 5) is 0.328. The van der Waals surface area contributed by atoms with Crippen molar-refractivity contribution in [3.63, 3.8) is 0 Å². The molecule has 2 N–H and O–H groups in total. The van der Waals surface area contributed by atoms with Crippen molar-refractivity contribution in [2.24, 2.45) is 5.73 Å². The Morgan fingerprint density at radius 3 is 2.53 bits per heavy atom. The highest BCUT2D eigenvalue weighted by Gasteiger charge is 2.39. The standard InChI is InChI=1S/C14H18N2O2S/c1-10-5-7-12(8-6-10)19(17,18)16-9-11-3-2-4-13(11)14(16)15/h5-8,14H,2-4,9,15H2,1H3. The summed E-state index contributed by atoms with van der Waals surface area (Å²) in [5, 5.41) is 0. The van der Waals surface area contributed by atoms with Crippen LogP contribution in [0, 0.1) is 6.92 Å². The van der Waals surface area contributed by atoms with Crippen LogP contribution in [0.5, 0.6) is 0 Å². The van der Waals surface area contributed by atoms with E-state index in [-0.39, 0.29) is 0 Å². The Balaban J connectivity index is 1.92. The maximum Gasteiger partial charge on any atom is 0.244 e. The lowest BCUT2D eigenvalue weighted by Gasteiger charge is -2.23. The maximum absolute atomic E-state index is 12.6. The van der Waals surface area contributed by atoms with Crippen molar-refractivity contribution in [3.05, 3.63) is 41.0 Å². The smallest absolute Gasteiger partial charge is 0.244 e. The minimum absolute atomic E-state index is 0.328. The first-order valence-electron chi connectivity index (χ1n) is 6.55. The van der Waals surface area contributed by atoms with E-state index >= 15 is 0 Å². The molecule has 0 aromatic heterocycles. The van der Waals surface area contributed by atoms with Crippen molar-refractivity contribution >= 4 is 10.0 Å². The summed E-state index contributed by atoms with van der Waals surface area (Å²) in [6, 6.07) is 6.94. The van der Waals surface area contributed by atoms with Crippen molar-refractivity contribution in [1.29, 1.82) is 0 Å². The lowest BCUT2D eigenvalue weighted by atomic mass is 10.2.